The summed E-state index contributed by atoms with van der Waals surface area (Å²) in [5, 5.41) is 0.540. The largest absolute Gasteiger partial charge is 0.490 e. The Morgan fingerprint density at radius 3 is 2.18 bits per heavy atom. The van der Waals surface area contributed by atoms with Crippen molar-refractivity contribution in [3.05, 3.63) is 53.1 Å². The van der Waals surface area contributed by atoms with Crippen LogP contribution < -0.4 is 25.1 Å². The molecule has 0 aliphatic carbocycles. The van der Waals surface area contributed by atoms with Gasteiger partial charge in [0.25, 0.3) is 11.8 Å². The fraction of sp³-hybridized carbons (Fsp3) is 0.348. The lowest BCUT2D eigenvalue weighted by molar-refractivity contribution is -0.131. The number of nitrogens with one attached hydrogen (secondary N) is 2. The van der Waals surface area contributed by atoms with Gasteiger partial charge in [-0.25, -0.2) is 4.79 Å². The molecule has 2 amide bonds. The van der Waals surface area contributed by atoms with Crippen molar-refractivity contribution < 1.29 is 33.3 Å². The number of hydrazine groups is 1. The summed E-state index contributed by atoms with van der Waals surface area (Å²) in [6.45, 7) is 5.83. The summed E-state index contributed by atoms with van der Waals surface area (Å²) in [5.74, 6) is -0.339. The van der Waals surface area contributed by atoms with E-state index in [2.05, 4.69) is 10.9 Å². The minimum Gasteiger partial charge on any atom is -0.490 e. The molecule has 0 radical (unpaired) electrons. The highest BCUT2D eigenvalue weighted by atomic mass is 35.5. The van der Waals surface area contributed by atoms with Crippen molar-refractivity contribution in [3.63, 3.8) is 0 Å². The second-order valence-electron chi connectivity index (χ2n) is 7.21. The van der Waals surface area contributed by atoms with Crippen LogP contribution in [0.2, 0.25) is 5.02 Å². The Bertz CT molecular complexity index is 948. The molecule has 178 valence electrons. The first-order chi connectivity index (χ1) is 15.8. The number of hydrogen-bond donors (Lipinski definition) is 2. The maximum Gasteiger partial charge on any atom is 0.338 e. The Balaban J connectivity index is 1.78. The van der Waals surface area contributed by atoms with Crippen molar-refractivity contribution in [2.24, 2.45) is 5.92 Å². The van der Waals surface area contributed by atoms with E-state index < -0.39 is 24.4 Å². The summed E-state index contributed by atoms with van der Waals surface area (Å²) in [4.78, 5) is 35.9. The minimum absolute atomic E-state index is 0.198. The smallest absolute Gasteiger partial charge is 0.338 e. The molecule has 0 fully saturated rings. The molecule has 2 aromatic rings. The average molecular weight is 479 g/mol. The molecule has 0 aromatic heterocycles. The van der Waals surface area contributed by atoms with E-state index in [0.29, 0.717) is 41.4 Å². The number of esters is 1. The summed E-state index contributed by atoms with van der Waals surface area (Å²) in [5.41, 5.74) is 4.51. The number of ether oxygens (including phenoxy) is 4. The van der Waals surface area contributed by atoms with Crippen LogP contribution in [-0.4, -0.2) is 44.2 Å². The average Bonchev–Trinajstić information content (AvgIpc) is 2.80. The first-order valence-electron chi connectivity index (χ1n) is 10.3. The first kappa shape index (κ1) is 25.8. The molecule has 0 bridgehead atoms. The van der Waals surface area contributed by atoms with Gasteiger partial charge in [0.2, 0.25) is 0 Å². The molecule has 33 heavy (non-hydrogen) atoms. The molecule has 0 aliphatic heterocycles. The number of rotatable bonds is 11. The van der Waals surface area contributed by atoms with Gasteiger partial charge in [-0.1, -0.05) is 25.4 Å². The van der Waals surface area contributed by atoms with Crippen molar-refractivity contribution in [1.29, 1.82) is 0 Å². The van der Waals surface area contributed by atoms with Crippen molar-refractivity contribution in [2.45, 2.75) is 20.8 Å². The van der Waals surface area contributed by atoms with Crippen LogP contribution in [0.25, 0.3) is 0 Å². The fourth-order valence-corrected chi connectivity index (χ4v) is 2.51. The zero-order valence-corrected chi connectivity index (χ0v) is 19.4. The first-order valence-corrected chi connectivity index (χ1v) is 10.7. The van der Waals surface area contributed by atoms with Crippen LogP contribution in [-0.2, 0) is 14.3 Å². The maximum absolute atomic E-state index is 12.3. The van der Waals surface area contributed by atoms with Crippen LogP contribution >= 0.6 is 11.6 Å². The van der Waals surface area contributed by atoms with E-state index in [0.717, 1.165) is 0 Å². The van der Waals surface area contributed by atoms with Gasteiger partial charge in [-0.2, -0.15) is 0 Å². The predicted octanol–water partition coefficient (Wildman–Crippen LogP) is 3.16. The number of carbonyl (C=O) groups excluding carboxylic acids is 3. The highest BCUT2D eigenvalue weighted by molar-refractivity contribution is 6.30. The van der Waals surface area contributed by atoms with E-state index in [1.807, 2.05) is 20.8 Å². The lowest BCUT2D eigenvalue weighted by Gasteiger charge is -2.14. The van der Waals surface area contributed by atoms with Crippen LogP contribution in [0.3, 0.4) is 0 Å². The van der Waals surface area contributed by atoms with E-state index in [9.17, 15) is 14.4 Å². The maximum atomic E-state index is 12.3. The van der Waals surface area contributed by atoms with E-state index in [4.69, 9.17) is 30.5 Å². The molecule has 0 aliphatic rings. The number of benzene rings is 2. The summed E-state index contributed by atoms with van der Waals surface area (Å²) >= 11 is 5.77. The van der Waals surface area contributed by atoms with Gasteiger partial charge in [0.05, 0.1) is 18.8 Å². The highest BCUT2D eigenvalue weighted by Gasteiger charge is 2.15. The van der Waals surface area contributed by atoms with E-state index in [1.165, 1.54) is 12.1 Å². The molecule has 2 N–H and O–H groups in total. The molecule has 2 rings (SSSR count). The minimum atomic E-state index is -0.723. The summed E-state index contributed by atoms with van der Waals surface area (Å²) in [7, 11) is 0. The molecule has 0 saturated carbocycles. The fourth-order valence-electron chi connectivity index (χ4n) is 2.38. The number of hydrogen-bond acceptors (Lipinski definition) is 7. The monoisotopic (exact) mass is 478 g/mol. The molecular formula is C23H27ClN2O7. The third-order valence-electron chi connectivity index (χ3n) is 3.91. The zero-order chi connectivity index (χ0) is 24.2. The Hall–Kier alpha value is -3.46. The van der Waals surface area contributed by atoms with Crippen LogP contribution in [0.4, 0.5) is 0 Å². The normalized spacial score (nSPS) is 10.3. The molecular weight excluding hydrogens is 452 g/mol. The quantitative estimate of drug-likeness (QED) is 0.377. The van der Waals surface area contributed by atoms with Gasteiger partial charge in [0.1, 0.15) is 5.75 Å². The third-order valence-corrected chi connectivity index (χ3v) is 4.16. The summed E-state index contributed by atoms with van der Waals surface area (Å²) in [6, 6.07) is 11.1. The highest BCUT2D eigenvalue weighted by Crippen LogP contribution is 2.29. The third kappa shape index (κ3) is 9.28. The summed E-state index contributed by atoms with van der Waals surface area (Å²) < 4.78 is 21.5. The van der Waals surface area contributed by atoms with Gasteiger partial charge >= 0.3 is 5.97 Å². The lowest BCUT2D eigenvalue weighted by Crippen LogP contribution is -2.45. The molecule has 2 aromatic carbocycles. The van der Waals surface area contributed by atoms with Crippen LogP contribution in [0.5, 0.6) is 17.2 Å². The predicted molar refractivity (Wildman–Crippen MR) is 121 cm³/mol. The summed E-state index contributed by atoms with van der Waals surface area (Å²) in [6.07, 6.45) is 0. The Labute approximate surface area is 197 Å². The zero-order valence-electron chi connectivity index (χ0n) is 18.7. The van der Waals surface area contributed by atoms with Gasteiger partial charge < -0.3 is 18.9 Å². The second kappa shape index (κ2) is 13.2. The van der Waals surface area contributed by atoms with Crippen LogP contribution in [0.1, 0.15) is 31.1 Å². The van der Waals surface area contributed by atoms with Crippen LogP contribution in [0, 0.1) is 5.92 Å². The van der Waals surface area contributed by atoms with Crippen molar-refractivity contribution in [1.82, 2.24) is 10.9 Å². The van der Waals surface area contributed by atoms with Crippen molar-refractivity contribution >= 4 is 29.4 Å². The number of amides is 2. The van der Waals surface area contributed by atoms with Gasteiger partial charge in [0, 0.05) is 5.02 Å². The standard InChI is InChI=1S/C23H27ClN2O7/c1-4-30-20-11-16(5-10-19(20)32-12-15(2)3)23(29)33-14-22(28)26-25-21(27)13-31-18-8-6-17(24)7-9-18/h5-11,15H,4,12-14H2,1-3H3,(H,25,27)(H,26,28). The topological polar surface area (TPSA) is 112 Å². The van der Waals surface area contributed by atoms with Crippen molar-refractivity contribution in [3.8, 4) is 17.2 Å². The molecule has 0 heterocycles. The molecule has 10 heteroatoms. The molecule has 0 atom stereocenters. The van der Waals surface area contributed by atoms with Gasteiger partial charge in [-0.3, -0.25) is 20.4 Å². The van der Waals surface area contributed by atoms with Gasteiger partial charge in [0.15, 0.2) is 24.7 Å². The van der Waals surface area contributed by atoms with Crippen molar-refractivity contribution in [2.75, 3.05) is 26.4 Å². The molecule has 9 nitrogen and oxygen atoms in total. The van der Waals surface area contributed by atoms with Gasteiger partial charge in [-0.15, -0.1) is 0 Å². The number of halogens is 1. The molecule has 0 spiro atoms. The Morgan fingerprint density at radius 2 is 1.55 bits per heavy atom. The van der Waals surface area contributed by atoms with E-state index in [1.54, 1.807) is 30.3 Å². The SMILES string of the molecule is CCOc1cc(C(=O)OCC(=O)NNC(=O)COc2ccc(Cl)cc2)ccc1OCC(C)C. The Morgan fingerprint density at radius 1 is 0.879 bits per heavy atom. The molecule has 0 unspecified atom stereocenters. The second-order valence-corrected chi connectivity index (χ2v) is 7.65. The van der Waals surface area contributed by atoms with E-state index >= 15 is 0 Å². The molecule has 0 saturated heterocycles. The van der Waals surface area contributed by atoms with E-state index in [-0.39, 0.29) is 12.2 Å². The lowest BCUT2D eigenvalue weighted by atomic mass is 10.2. The Kier molecular flexibility index (Phi) is 10.3. The number of carbonyl (C=O) groups is 3. The van der Waals surface area contributed by atoms with Gasteiger partial charge in [-0.05, 0) is 55.3 Å². The van der Waals surface area contributed by atoms with Crippen LogP contribution in [0.15, 0.2) is 42.5 Å².